The zero-order chi connectivity index (χ0) is 15.5. The summed E-state index contributed by atoms with van der Waals surface area (Å²) in [5, 5.41) is 8.05. The lowest BCUT2D eigenvalue weighted by molar-refractivity contribution is 0.172. The maximum atomic E-state index is 5.55. The number of methoxy groups -OCH3 is 1. The molecule has 1 aromatic heterocycles. The Bertz CT molecular complexity index is 620. The van der Waals surface area contributed by atoms with Gasteiger partial charge in [-0.05, 0) is 19.1 Å². The van der Waals surface area contributed by atoms with E-state index < -0.39 is 0 Å². The van der Waals surface area contributed by atoms with E-state index in [9.17, 15) is 0 Å². The highest BCUT2D eigenvalue weighted by atomic mass is 16.5. The van der Waals surface area contributed by atoms with Crippen LogP contribution in [-0.4, -0.2) is 48.4 Å². The Labute approximate surface area is 130 Å². The van der Waals surface area contributed by atoms with Gasteiger partial charge in [0.05, 0.1) is 13.2 Å². The van der Waals surface area contributed by atoms with Gasteiger partial charge >= 0.3 is 0 Å². The lowest BCUT2D eigenvalue weighted by Crippen LogP contribution is -2.47. The molecule has 1 fully saturated rings. The van der Waals surface area contributed by atoms with Crippen LogP contribution in [-0.2, 0) is 0 Å². The second-order valence-electron chi connectivity index (χ2n) is 5.56. The highest BCUT2D eigenvalue weighted by molar-refractivity contribution is 5.51. The quantitative estimate of drug-likeness (QED) is 0.863. The molecule has 6 heteroatoms. The summed E-state index contributed by atoms with van der Waals surface area (Å²) < 4.78 is 10.8. The van der Waals surface area contributed by atoms with Crippen LogP contribution in [0.4, 0.5) is 5.69 Å². The SMILES string of the molecule is COc1cccc(N2CCN([C@H](C)c3nnc(C)o3)CC2)c1. The Hall–Kier alpha value is -2.08. The number of hydrogen-bond acceptors (Lipinski definition) is 6. The van der Waals surface area contributed by atoms with Gasteiger partial charge in [-0.2, -0.15) is 0 Å². The molecule has 0 bridgehead atoms. The van der Waals surface area contributed by atoms with Gasteiger partial charge in [0.15, 0.2) is 0 Å². The molecule has 2 aromatic rings. The standard InChI is InChI=1S/C16H22N4O2/c1-12(16-18-17-13(2)22-16)19-7-9-20(10-8-19)14-5-4-6-15(11-14)21-3/h4-6,11-12H,7-10H2,1-3H3/t12-/m1/s1. The summed E-state index contributed by atoms with van der Waals surface area (Å²) in [6, 6.07) is 8.38. The second kappa shape index (κ2) is 6.36. The predicted octanol–water partition coefficient (Wildman–Crippen LogP) is 2.27. The van der Waals surface area contributed by atoms with Gasteiger partial charge in [-0.3, -0.25) is 4.90 Å². The molecular formula is C16H22N4O2. The molecule has 0 N–H and O–H groups in total. The Morgan fingerprint density at radius 2 is 1.95 bits per heavy atom. The van der Waals surface area contributed by atoms with Crippen LogP contribution in [0.3, 0.4) is 0 Å². The van der Waals surface area contributed by atoms with Crippen molar-refractivity contribution in [3.05, 3.63) is 36.0 Å². The number of benzene rings is 1. The van der Waals surface area contributed by atoms with Gasteiger partial charge < -0.3 is 14.1 Å². The fourth-order valence-electron chi connectivity index (χ4n) is 2.81. The lowest BCUT2D eigenvalue weighted by Gasteiger charge is -2.38. The van der Waals surface area contributed by atoms with E-state index in [1.807, 2.05) is 19.1 Å². The highest BCUT2D eigenvalue weighted by Gasteiger charge is 2.25. The molecule has 0 spiro atoms. The monoisotopic (exact) mass is 302 g/mol. The van der Waals surface area contributed by atoms with Crippen molar-refractivity contribution in [3.8, 4) is 5.75 Å². The lowest BCUT2D eigenvalue weighted by atomic mass is 10.2. The van der Waals surface area contributed by atoms with E-state index in [0.29, 0.717) is 11.8 Å². The third kappa shape index (κ3) is 3.06. The summed E-state index contributed by atoms with van der Waals surface area (Å²) in [7, 11) is 1.70. The fraction of sp³-hybridized carbons (Fsp3) is 0.500. The smallest absolute Gasteiger partial charge is 0.233 e. The van der Waals surface area contributed by atoms with Crippen LogP contribution in [0.2, 0.25) is 0 Å². The molecular weight excluding hydrogens is 280 g/mol. The van der Waals surface area contributed by atoms with Gasteiger partial charge in [0.2, 0.25) is 11.8 Å². The summed E-state index contributed by atoms with van der Waals surface area (Å²) in [6.45, 7) is 7.84. The number of piperazine rings is 1. The molecule has 0 unspecified atom stereocenters. The molecule has 0 radical (unpaired) electrons. The maximum absolute atomic E-state index is 5.55. The van der Waals surface area contributed by atoms with Gasteiger partial charge in [-0.1, -0.05) is 6.07 Å². The van der Waals surface area contributed by atoms with Gasteiger partial charge in [0, 0.05) is 44.9 Å². The first kappa shape index (κ1) is 14.8. The number of nitrogens with zero attached hydrogens (tertiary/aromatic N) is 4. The molecule has 3 rings (SSSR count). The zero-order valence-electron chi connectivity index (χ0n) is 13.3. The third-order valence-electron chi connectivity index (χ3n) is 4.18. The van der Waals surface area contributed by atoms with Crippen LogP contribution < -0.4 is 9.64 Å². The van der Waals surface area contributed by atoms with Crippen LogP contribution in [0.5, 0.6) is 5.75 Å². The molecule has 22 heavy (non-hydrogen) atoms. The molecule has 0 aliphatic carbocycles. The van der Waals surface area contributed by atoms with Gasteiger partial charge in [0.25, 0.3) is 0 Å². The van der Waals surface area contributed by atoms with Gasteiger partial charge in [0.1, 0.15) is 5.75 Å². The average molecular weight is 302 g/mol. The minimum absolute atomic E-state index is 0.161. The van der Waals surface area contributed by atoms with Crippen molar-refractivity contribution in [2.75, 3.05) is 38.2 Å². The van der Waals surface area contributed by atoms with Crippen molar-refractivity contribution in [2.45, 2.75) is 19.9 Å². The first-order chi connectivity index (χ1) is 10.7. The van der Waals surface area contributed by atoms with Crippen molar-refractivity contribution in [1.29, 1.82) is 0 Å². The van der Waals surface area contributed by atoms with E-state index in [-0.39, 0.29) is 6.04 Å². The number of aryl methyl sites for hydroxylation is 1. The summed E-state index contributed by atoms with van der Waals surface area (Å²) in [5.74, 6) is 2.22. The van der Waals surface area contributed by atoms with E-state index in [4.69, 9.17) is 9.15 Å². The van der Waals surface area contributed by atoms with Crippen molar-refractivity contribution in [1.82, 2.24) is 15.1 Å². The molecule has 0 amide bonds. The van der Waals surface area contributed by atoms with Crippen molar-refractivity contribution in [3.63, 3.8) is 0 Å². The minimum atomic E-state index is 0.161. The fourth-order valence-corrected chi connectivity index (χ4v) is 2.81. The maximum Gasteiger partial charge on any atom is 0.233 e. The largest absolute Gasteiger partial charge is 0.497 e. The first-order valence-corrected chi connectivity index (χ1v) is 7.60. The number of anilines is 1. The van der Waals surface area contributed by atoms with E-state index in [1.165, 1.54) is 5.69 Å². The number of rotatable bonds is 4. The van der Waals surface area contributed by atoms with Crippen LogP contribution in [0.25, 0.3) is 0 Å². The average Bonchev–Trinajstić information content (AvgIpc) is 3.01. The zero-order valence-corrected chi connectivity index (χ0v) is 13.3. The molecule has 1 saturated heterocycles. The van der Waals surface area contributed by atoms with E-state index in [1.54, 1.807) is 7.11 Å². The number of aromatic nitrogens is 2. The van der Waals surface area contributed by atoms with Crippen molar-refractivity contribution >= 4 is 5.69 Å². The first-order valence-electron chi connectivity index (χ1n) is 7.60. The summed E-state index contributed by atoms with van der Waals surface area (Å²) in [4.78, 5) is 4.76. The Morgan fingerprint density at radius 3 is 2.59 bits per heavy atom. The molecule has 1 aliphatic heterocycles. The molecule has 118 valence electrons. The van der Waals surface area contributed by atoms with E-state index >= 15 is 0 Å². The number of hydrogen-bond donors (Lipinski definition) is 0. The summed E-state index contributed by atoms with van der Waals surface area (Å²) in [6.07, 6.45) is 0. The molecule has 1 atom stereocenters. The van der Waals surface area contributed by atoms with E-state index in [2.05, 4.69) is 39.1 Å². The molecule has 0 saturated carbocycles. The molecule has 1 aliphatic rings. The topological polar surface area (TPSA) is 54.6 Å². The minimum Gasteiger partial charge on any atom is -0.497 e. The molecule has 2 heterocycles. The Balaban J connectivity index is 1.62. The normalized spacial score (nSPS) is 17.5. The van der Waals surface area contributed by atoms with Crippen molar-refractivity contribution < 1.29 is 9.15 Å². The third-order valence-corrected chi connectivity index (χ3v) is 4.18. The van der Waals surface area contributed by atoms with Gasteiger partial charge in [-0.15, -0.1) is 10.2 Å². The second-order valence-corrected chi connectivity index (χ2v) is 5.56. The van der Waals surface area contributed by atoms with Crippen LogP contribution in [0.1, 0.15) is 24.7 Å². The summed E-state index contributed by atoms with van der Waals surface area (Å²) >= 11 is 0. The molecule has 1 aromatic carbocycles. The van der Waals surface area contributed by atoms with Gasteiger partial charge in [-0.25, -0.2) is 0 Å². The summed E-state index contributed by atoms with van der Waals surface area (Å²) in [5.41, 5.74) is 1.21. The van der Waals surface area contributed by atoms with E-state index in [0.717, 1.165) is 31.9 Å². The van der Waals surface area contributed by atoms with Crippen LogP contribution in [0, 0.1) is 6.92 Å². The predicted molar refractivity (Wildman–Crippen MR) is 84.2 cm³/mol. The molecule has 6 nitrogen and oxygen atoms in total. The van der Waals surface area contributed by atoms with Crippen LogP contribution >= 0.6 is 0 Å². The van der Waals surface area contributed by atoms with Crippen molar-refractivity contribution in [2.24, 2.45) is 0 Å². The Morgan fingerprint density at radius 1 is 1.18 bits per heavy atom. The highest BCUT2D eigenvalue weighted by Crippen LogP contribution is 2.25. The van der Waals surface area contributed by atoms with Crippen LogP contribution in [0.15, 0.2) is 28.7 Å². The number of ether oxygens (including phenoxy) is 1. The Kier molecular flexibility index (Phi) is 4.29.